The fraction of sp³-hybridized carbons (Fsp3) is 0.444. The van der Waals surface area contributed by atoms with Crippen molar-refractivity contribution in [3.05, 3.63) is 36.5 Å². The molecule has 4 rings (SSSR count). The summed E-state index contributed by atoms with van der Waals surface area (Å²) in [6.45, 7) is 4.42. The van der Waals surface area contributed by atoms with Crippen molar-refractivity contribution in [3.63, 3.8) is 0 Å². The van der Waals surface area contributed by atoms with Crippen molar-refractivity contribution < 1.29 is 9.53 Å². The minimum absolute atomic E-state index is 0.0777. The van der Waals surface area contributed by atoms with Crippen LogP contribution in [-0.4, -0.2) is 55.2 Å². The van der Waals surface area contributed by atoms with Gasteiger partial charge in [-0.3, -0.25) is 4.79 Å². The Morgan fingerprint density at radius 2 is 1.96 bits per heavy atom. The fourth-order valence-corrected chi connectivity index (χ4v) is 3.55. The number of anilines is 1. The van der Waals surface area contributed by atoms with Crippen LogP contribution in [0.5, 0.6) is 0 Å². The van der Waals surface area contributed by atoms with E-state index in [4.69, 9.17) is 4.74 Å². The van der Waals surface area contributed by atoms with Crippen molar-refractivity contribution in [2.75, 3.05) is 44.3 Å². The van der Waals surface area contributed by atoms with Crippen LogP contribution in [0.15, 0.2) is 36.5 Å². The van der Waals surface area contributed by atoms with E-state index in [1.807, 2.05) is 29.3 Å². The Morgan fingerprint density at radius 3 is 2.83 bits per heavy atom. The Morgan fingerprint density at radius 1 is 1.13 bits per heavy atom. The number of carbonyl (C=O) groups is 1. The van der Waals surface area contributed by atoms with Gasteiger partial charge in [-0.1, -0.05) is 24.3 Å². The molecule has 0 radical (unpaired) electrons. The number of aromatic nitrogens is 1. The number of hydrogen-bond donors (Lipinski definition) is 0. The van der Waals surface area contributed by atoms with E-state index in [1.54, 1.807) is 0 Å². The summed E-state index contributed by atoms with van der Waals surface area (Å²) in [6.07, 6.45) is 2.76. The zero-order valence-corrected chi connectivity index (χ0v) is 13.1. The van der Waals surface area contributed by atoms with Crippen LogP contribution >= 0.6 is 0 Å². The number of fused-ring (bicyclic) bond motifs is 1. The van der Waals surface area contributed by atoms with Gasteiger partial charge >= 0.3 is 0 Å². The highest BCUT2D eigenvalue weighted by molar-refractivity contribution is 5.92. The molecule has 0 spiro atoms. The molecule has 0 saturated carbocycles. The molecule has 2 fully saturated rings. The molecular weight excluding hydrogens is 290 g/mol. The molecule has 2 aromatic rings. The maximum absolute atomic E-state index is 12.7. The highest BCUT2D eigenvalue weighted by Crippen LogP contribution is 2.29. The molecule has 120 valence electrons. The smallest absolute Gasteiger partial charge is 0.227 e. The average Bonchev–Trinajstić information content (AvgIpc) is 3.11. The molecule has 0 bridgehead atoms. The number of ether oxygens (including phenoxy) is 1. The average molecular weight is 311 g/mol. The van der Waals surface area contributed by atoms with E-state index < -0.39 is 0 Å². The van der Waals surface area contributed by atoms with Crippen molar-refractivity contribution in [1.82, 2.24) is 9.88 Å². The van der Waals surface area contributed by atoms with E-state index in [0.29, 0.717) is 13.2 Å². The third-order valence-electron chi connectivity index (χ3n) is 4.81. The lowest BCUT2D eigenvalue weighted by atomic mass is 10.1. The first-order chi connectivity index (χ1) is 11.3. The number of hydrogen-bond acceptors (Lipinski definition) is 4. The van der Waals surface area contributed by atoms with Gasteiger partial charge in [0.05, 0.1) is 19.1 Å². The molecule has 5 heteroatoms. The predicted molar refractivity (Wildman–Crippen MR) is 89.5 cm³/mol. The van der Waals surface area contributed by atoms with E-state index in [9.17, 15) is 4.79 Å². The van der Waals surface area contributed by atoms with Crippen LogP contribution in [0, 0.1) is 5.92 Å². The van der Waals surface area contributed by atoms with E-state index in [-0.39, 0.29) is 11.8 Å². The standard InChI is InChI=1S/C18H21N3O2/c22-18(20-9-11-23-12-10-20)15-6-8-21(13-15)17-16-4-2-1-3-14(16)5-7-19-17/h1-5,7,15H,6,8-13H2. The molecule has 3 heterocycles. The summed E-state index contributed by atoms with van der Waals surface area (Å²) in [7, 11) is 0. The molecule has 1 atom stereocenters. The predicted octanol–water partition coefficient (Wildman–Crippen LogP) is 1.92. The Bertz CT molecular complexity index is 707. The maximum Gasteiger partial charge on any atom is 0.227 e. The van der Waals surface area contributed by atoms with Crippen molar-refractivity contribution >= 4 is 22.5 Å². The minimum atomic E-state index is 0.0777. The Hall–Kier alpha value is -2.14. The summed E-state index contributed by atoms with van der Waals surface area (Å²) < 4.78 is 5.34. The lowest BCUT2D eigenvalue weighted by Gasteiger charge is -2.29. The van der Waals surface area contributed by atoms with Gasteiger partial charge in [0.25, 0.3) is 0 Å². The van der Waals surface area contributed by atoms with Crippen LogP contribution in [0.4, 0.5) is 5.82 Å². The van der Waals surface area contributed by atoms with E-state index in [1.165, 1.54) is 5.39 Å². The molecule has 1 aromatic heterocycles. The number of rotatable bonds is 2. The maximum atomic E-state index is 12.7. The summed E-state index contributed by atoms with van der Waals surface area (Å²) in [5.41, 5.74) is 0. The van der Waals surface area contributed by atoms with Crippen LogP contribution < -0.4 is 4.90 Å². The van der Waals surface area contributed by atoms with Crippen molar-refractivity contribution in [1.29, 1.82) is 0 Å². The third kappa shape index (κ3) is 2.77. The highest BCUT2D eigenvalue weighted by Gasteiger charge is 2.33. The summed E-state index contributed by atoms with van der Waals surface area (Å²) in [4.78, 5) is 21.4. The number of morpholine rings is 1. The topological polar surface area (TPSA) is 45.7 Å². The summed E-state index contributed by atoms with van der Waals surface area (Å²) in [5, 5.41) is 2.36. The molecule has 0 N–H and O–H groups in total. The SMILES string of the molecule is O=C(C1CCN(c2nccc3ccccc23)C1)N1CCOCC1. The van der Waals surface area contributed by atoms with Gasteiger partial charge in [-0.2, -0.15) is 0 Å². The third-order valence-corrected chi connectivity index (χ3v) is 4.81. The molecule has 2 aliphatic rings. The van der Waals surface area contributed by atoms with Gasteiger partial charge in [0.15, 0.2) is 0 Å². The fourth-order valence-electron chi connectivity index (χ4n) is 3.55. The minimum Gasteiger partial charge on any atom is -0.378 e. The molecule has 23 heavy (non-hydrogen) atoms. The second-order valence-corrected chi connectivity index (χ2v) is 6.22. The number of benzene rings is 1. The zero-order chi connectivity index (χ0) is 15.6. The van der Waals surface area contributed by atoms with Gasteiger partial charge in [-0.25, -0.2) is 4.98 Å². The van der Waals surface area contributed by atoms with Gasteiger partial charge in [0, 0.05) is 37.8 Å². The molecule has 1 aromatic carbocycles. The lowest BCUT2D eigenvalue weighted by Crippen LogP contribution is -2.44. The molecule has 2 saturated heterocycles. The molecular formula is C18H21N3O2. The van der Waals surface area contributed by atoms with Crippen LogP contribution in [0.25, 0.3) is 10.8 Å². The van der Waals surface area contributed by atoms with Crippen molar-refractivity contribution in [3.8, 4) is 0 Å². The lowest BCUT2D eigenvalue weighted by molar-refractivity contribution is -0.138. The van der Waals surface area contributed by atoms with E-state index in [0.717, 1.165) is 43.8 Å². The second-order valence-electron chi connectivity index (χ2n) is 6.22. The Kier molecular flexibility index (Phi) is 3.87. The molecule has 5 nitrogen and oxygen atoms in total. The molecule has 2 aliphatic heterocycles. The first kappa shape index (κ1) is 14.5. The quantitative estimate of drug-likeness (QED) is 0.850. The van der Waals surface area contributed by atoms with Crippen LogP contribution in [0.2, 0.25) is 0 Å². The summed E-state index contributed by atoms with van der Waals surface area (Å²) >= 11 is 0. The van der Waals surface area contributed by atoms with Crippen molar-refractivity contribution in [2.24, 2.45) is 5.92 Å². The van der Waals surface area contributed by atoms with E-state index >= 15 is 0 Å². The molecule has 1 unspecified atom stereocenters. The zero-order valence-electron chi connectivity index (χ0n) is 13.1. The van der Waals surface area contributed by atoms with Crippen LogP contribution in [-0.2, 0) is 9.53 Å². The van der Waals surface area contributed by atoms with Gasteiger partial charge in [-0.15, -0.1) is 0 Å². The molecule has 1 amide bonds. The summed E-state index contributed by atoms with van der Waals surface area (Å²) in [5.74, 6) is 1.35. The normalized spacial score (nSPS) is 21.8. The summed E-state index contributed by atoms with van der Waals surface area (Å²) in [6, 6.07) is 10.3. The van der Waals surface area contributed by atoms with Crippen LogP contribution in [0.1, 0.15) is 6.42 Å². The van der Waals surface area contributed by atoms with Crippen LogP contribution in [0.3, 0.4) is 0 Å². The number of pyridine rings is 1. The van der Waals surface area contributed by atoms with Gasteiger partial charge < -0.3 is 14.5 Å². The monoisotopic (exact) mass is 311 g/mol. The van der Waals surface area contributed by atoms with Gasteiger partial charge in [0.2, 0.25) is 5.91 Å². The Balaban J connectivity index is 1.52. The number of nitrogens with zero attached hydrogens (tertiary/aromatic N) is 3. The largest absolute Gasteiger partial charge is 0.378 e. The number of amides is 1. The van der Waals surface area contributed by atoms with Gasteiger partial charge in [-0.05, 0) is 17.9 Å². The second kappa shape index (κ2) is 6.16. The first-order valence-corrected chi connectivity index (χ1v) is 8.28. The highest BCUT2D eigenvalue weighted by atomic mass is 16.5. The van der Waals surface area contributed by atoms with Gasteiger partial charge in [0.1, 0.15) is 5.82 Å². The first-order valence-electron chi connectivity index (χ1n) is 8.28. The van der Waals surface area contributed by atoms with E-state index in [2.05, 4.69) is 22.0 Å². The molecule has 0 aliphatic carbocycles. The van der Waals surface area contributed by atoms with Crippen molar-refractivity contribution in [2.45, 2.75) is 6.42 Å². The Labute approximate surface area is 135 Å². The number of carbonyl (C=O) groups excluding carboxylic acids is 1.